The summed E-state index contributed by atoms with van der Waals surface area (Å²) in [7, 11) is -1.95. The Morgan fingerprint density at radius 1 is 1.36 bits per heavy atom. The lowest BCUT2D eigenvalue weighted by Crippen LogP contribution is -2.32. The highest BCUT2D eigenvalue weighted by atomic mass is 32.2. The average molecular weight is 476 g/mol. The number of aliphatic hydroxyl groups excluding tert-OH is 1. The molecule has 0 aromatic carbocycles. The maximum Gasteiger partial charge on any atom is 0.231 e. The van der Waals surface area contributed by atoms with Gasteiger partial charge in [0, 0.05) is 25.5 Å². The molecule has 0 amide bonds. The Morgan fingerprint density at radius 2 is 2.15 bits per heavy atom. The van der Waals surface area contributed by atoms with Crippen LogP contribution in [-0.4, -0.2) is 44.8 Å². The summed E-state index contributed by atoms with van der Waals surface area (Å²) in [5, 5.41) is 19.8. The van der Waals surface area contributed by atoms with Crippen molar-refractivity contribution in [3.63, 3.8) is 0 Å². The van der Waals surface area contributed by atoms with Crippen molar-refractivity contribution in [1.29, 1.82) is 0 Å². The van der Waals surface area contributed by atoms with Crippen molar-refractivity contribution >= 4 is 10.0 Å². The summed E-state index contributed by atoms with van der Waals surface area (Å²) in [6.45, 7) is 6.94. The van der Waals surface area contributed by atoms with E-state index in [4.69, 9.17) is 9.88 Å². The van der Waals surface area contributed by atoms with Gasteiger partial charge in [-0.3, -0.25) is 5.32 Å². The maximum atomic E-state index is 11.5. The molecule has 182 valence electrons. The number of nitrogens with two attached hydrogens (primary N) is 1. The summed E-state index contributed by atoms with van der Waals surface area (Å²) in [5.74, 6) is 0. The van der Waals surface area contributed by atoms with Crippen LogP contribution < -0.4 is 10.5 Å². The molecule has 0 saturated carbocycles. The minimum absolute atomic E-state index is 0.338. The minimum Gasteiger partial charge on any atom is -0.470 e. The summed E-state index contributed by atoms with van der Waals surface area (Å²) in [6, 6.07) is 0. The van der Waals surface area contributed by atoms with Crippen molar-refractivity contribution in [2.24, 2.45) is 5.14 Å². The molecule has 0 heterocycles. The first-order chi connectivity index (χ1) is 15.8. The predicted molar refractivity (Wildman–Crippen MR) is 136 cm³/mol. The molecule has 0 fully saturated rings. The normalized spacial score (nSPS) is 16.5. The molecule has 0 spiro atoms. The average Bonchev–Trinajstić information content (AvgIpc) is 2.79. The van der Waals surface area contributed by atoms with Gasteiger partial charge in [-0.05, 0) is 43.1 Å². The lowest BCUT2D eigenvalue weighted by atomic mass is 10.1. The summed E-state index contributed by atoms with van der Waals surface area (Å²) >= 11 is 0. The lowest BCUT2D eigenvalue weighted by Gasteiger charge is -2.22. The maximum absolute atomic E-state index is 11.5. The van der Waals surface area contributed by atoms with Crippen LogP contribution in [0.15, 0.2) is 96.0 Å². The highest BCUT2D eigenvalue weighted by Crippen LogP contribution is 2.15. The largest absolute Gasteiger partial charge is 0.470 e. The molecule has 0 bridgehead atoms. The smallest absolute Gasteiger partial charge is 0.231 e. The first-order valence-corrected chi connectivity index (χ1v) is 12.6. The van der Waals surface area contributed by atoms with Crippen LogP contribution in [0, 0.1) is 0 Å². The van der Waals surface area contributed by atoms with E-state index in [0.717, 1.165) is 43.2 Å². The number of nitrogens with zero attached hydrogens (tertiary/aromatic N) is 1. The Kier molecular flexibility index (Phi) is 13.8. The molecule has 0 radical (unpaired) electrons. The summed E-state index contributed by atoms with van der Waals surface area (Å²) < 4.78 is 28.5. The Labute approximate surface area is 198 Å². The van der Waals surface area contributed by atoms with E-state index in [-0.39, 0.29) is 0 Å². The van der Waals surface area contributed by atoms with E-state index < -0.39 is 16.3 Å². The third-order valence-electron chi connectivity index (χ3n) is 4.68. The predicted octanol–water partition coefficient (Wildman–Crippen LogP) is 3.75. The van der Waals surface area contributed by atoms with Gasteiger partial charge in [-0.1, -0.05) is 62.0 Å². The van der Waals surface area contributed by atoms with Crippen LogP contribution in [-0.2, 0) is 14.8 Å². The highest BCUT2D eigenvalue weighted by molar-refractivity contribution is 7.92. The highest BCUT2D eigenvalue weighted by Gasteiger charge is 2.13. The van der Waals surface area contributed by atoms with Gasteiger partial charge in [0.25, 0.3) is 0 Å². The molecule has 1 atom stereocenters. The Bertz CT molecular complexity index is 925. The van der Waals surface area contributed by atoms with Gasteiger partial charge in [0.2, 0.25) is 10.0 Å². The van der Waals surface area contributed by atoms with Crippen molar-refractivity contribution in [2.45, 2.75) is 38.8 Å². The number of hydrogen-bond donors (Lipinski definition) is 3. The van der Waals surface area contributed by atoms with Crippen LogP contribution in [0.4, 0.5) is 0 Å². The number of unbranched alkanes of at least 4 members (excludes halogenated alkanes) is 1. The summed E-state index contributed by atoms with van der Waals surface area (Å²) in [6.07, 6.45) is 21.8. The quantitative estimate of drug-likeness (QED) is 0.144. The number of nitrogens with one attached hydrogen (secondary N) is 1. The van der Waals surface area contributed by atoms with Crippen molar-refractivity contribution in [2.75, 3.05) is 20.1 Å². The zero-order valence-corrected chi connectivity index (χ0v) is 20.4. The Hall–Kier alpha value is -2.65. The second-order valence-corrected chi connectivity index (χ2v) is 8.95. The zero-order valence-electron chi connectivity index (χ0n) is 19.6. The van der Waals surface area contributed by atoms with E-state index >= 15 is 0 Å². The monoisotopic (exact) mass is 475 g/mol. The zero-order chi connectivity index (χ0) is 24.5. The fourth-order valence-corrected chi connectivity index (χ4v) is 3.15. The molecule has 1 rings (SSSR count). The third kappa shape index (κ3) is 13.5. The molecule has 0 aromatic rings. The summed E-state index contributed by atoms with van der Waals surface area (Å²) in [5.41, 5.74) is 2.16. The molecule has 1 aliphatic rings. The van der Waals surface area contributed by atoms with E-state index in [0.29, 0.717) is 17.8 Å². The SMILES string of the molecule is C=C/C=C\C=C\O/C=C(/C=C(\C=C\S(N)(=O)=O)C(O)NCC1=CCC=CC1)N(C)CCCC. The summed E-state index contributed by atoms with van der Waals surface area (Å²) in [4.78, 5) is 1.98. The number of sulfonamides is 1. The fourth-order valence-electron chi connectivity index (χ4n) is 2.80. The number of rotatable bonds is 15. The van der Waals surface area contributed by atoms with Crippen LogP contribution in [0.5, 0.6) is 0 Å². The number of aliphatic hydroxyl groups is 1. The van der Waals surface area contributed by atoms with E-state index in [1.165, 1.54) is 12.3 Å². The number of ether oxygens (including phenoxy) is 1. The van der Waals surface area contributed by atoms with Crippen LogP contribution in [0.2, 0.25) is 0 Å². The Morgan fingerprint density at radius 3 is 2.79 bits per heavy atom. The second-order valence-electron chi connectivity index (χ2n) is 7.50. The molecular formula is C25H37N3O4S. The van der Waals surface area contributed by atoms with Gasteiger partial charge in [0.1, 0.15) is 12.5 Å². The van der Waals surface area contributed by atoms with E-state index in [1.807, 2.05) is 11.9 Å². The van der Waals surface area contributed by atoms with Gasteiger partial charge < -0.3 is 14.7 Å². The van der Waals surface area contributed by atoms with Gasteiger partial charge in [-0.2, -0.15) is 0 Å². The number of hydrogen-bond acceptors (Lipinski definition) is 6. The lowest BCUT2D eigenvalue weighted by molar-refractivity contribution is 0.179. The minimum atomic E-state index is -3.86. The van der Waals surface area contributed by atoms with Crippen LogP contribution in [0.3, 0.4) is 0 Å². The van der Waals surface area contributed by atoms with Gasteiger partial charge in [-0.25, -0.2) is 13.6 Å². The molecule has 0 saturated heterocycles. The number of primary sulfonamides is 1. The van der Waals surface area contributed by atoms with Gasteiger partial charge in [-0.15, -0.1) is 0 Å². The molecule has 8 heteroatoms. The van der Waals surface area contributed by atoms with Crippen molar-refractivity contribution in [1.82, 2.24) is 10.2 Å². The second kappa shape index (κ2) is 16.0. The molecular weight excluding hydrogens is 438 g/mol. The topological polar surface area (TPSA) is 105 Å². The molecule has 33 heavy (non-hydrogen) atoms. The van der Waals surface area contributed by atoms with Crippen molar-refractivity contribution in [3.05, 3.63) is 96.0 Å². The third-order valence-corrected chi connectivity index (χ3v) is 5.20. The van der Waals surface area contributed by atoms with Crippen LogP contribution in [0.25, 0.3) is 0 Å². The fraction of sp³-hybridized carbons (Fsp3) is 0.360. The van der Waals surface area contributed by atoms with E-state index in [2.05, 4.69) is 37.0 Å². The molecule has 0 aromatic heterocycles. The van der Waals surface area contributed by atoms with Gasteiger partial charge >= 0.3 is 0 Å². The molecule has 7 nitrogen and oxygen atoms in total. The molecule has 4 N–H and O–H groups in total. The van der Waals surface area contributed by atoms with Crippen molar-refractivity contribution in [3.8, 4) is 0 Å². The van der Waals surface area contributed by atoms with E-state index in [1.54, 1.807) is 36.6 Å². The standard InChI is InChI=1S/C25H37N3O4S/c1-4-6-8-12-17-32-21-24(28(3)16-7-5-2)19-23(15-18-33(26,30)31)25(29)27-20-22-13-10-9-11-14-22/h4,6,8-10,12,14-15,17-19,21,25,27,29H,1,5,7,11,13,16,20H2,2-3H3,(H2,26,30,31)/b8-6-,17-12+,18-15+,23-19+,24-21-. The van der Waals surface area contributed by atoms with Crippen molar-refractivity contribution < 1.29 is 18.3 Å². The number of allylic oxidation sites excluding steroid dienone is 8. The first kappa shape index (κ1) is 28.4. The molecule has 1 unspecified atom stereocenters. The van der Waals surface area contributed by atoms with Gasteiger partial charge in [0.15, 0.2) is 0 Å². The van der Waals surface area contributed by atoms with Crippen LogP contribution >= 0.6 is 0 Å². The van der Waals surface area contributed by atoms with Crippen LogP contribution in [0.1, 0.15) is 32.6 Å². The van der Waals surface area contributed by atoms with E-state index in [9.17, 15) is 13.5 Å². The molecule has 0 aliphatic heterocycles. The molecule has 1 aliphatic carbocycles. The number of likely N-dealkylation sites (N-methyl/N-ethyl adjacent to an activating group) is 1. The first-order valence-electron chi connectivity index (χ1n) is 10.9. The van der Waals surface area contributed by atoms with Gasteiger partial charge in [0.05, 0.1) is 12.0 Å². The Balaban J connectivity index is 3.15.